The summed E-state index contributed by atoms with van der Waals surface area (Å²) in [6.45, 7) is 4.85. The smallest absolute Gasteiger partial charge is 0.126 e. The van der Waals surface area contributed by atoms with Gasteiger partial charge in [0, 0.05) is 5.56 Å². The predicted molar refractivity (Wildman–Crippen MR) is 69.5 cm³/mol. The number of rotatable bonds is 5. The van der Waals surface area contributed by atoms with Gasteiger partial charge >= 0.3 is 0 Å². The third-order valence-electron chi connectivity index (χ3n) is 3.32. The molecule has 0 fully saturated rings. The normalized spacial score (nSPS) is 22.2. The maximum Gasteiger partial charge on any atom is 0.126 e. The first kappa shape index (κ1) is 12.2. The van der Waals surface area contributed by atoms with E-state index in [1.165, 1.54) is 0 Å². The third kappa shape index (κ3) is 2.22. The van der Waals surface area contributed by atoms with Gasteiger partial charge in [0.15, 0.2) is 0 Å². The Bertz CT molecular complexity index is 423. The number of ether oxygens (including phenoxy) is 1. The standard InChI is InChI=1S/C15H20O2/c1-3-5-10-17-14-11-15(16,4-2)13-9-7-6-8-12(13)14/h6-9,11,16H,3-5,10H2,1-2H3. The molecule has 2 rings (SSSR count). The summed E-state index contributed by atoms with van der Waals surface area (Å²) in [6, 6.07) is 7.94. The second-order valence-electron chi connectivity index (χ2n) is 4.53. The van der Waals surface area contributed by atoms with Crippen LogP contribution in [0.5, 0.6) is 0 Å². The molecule has 1 aliphatic carbocycles. The summed E-state index contributed by atoms with van der Waals surface area (Å²) in [7, 11) is 0. The SMILES string of the molecule is CCCCOC1=CC(O)(CC)c2ccccc21. The fraction of sp³-hybridized carbons (Fsp3) is 0.467. The van der Waals surface area contributed by atoms with Crippen LogP contribution in [-0.4, -0.2) is 11.7 Å². The molecule has 17 heavy (non-hydrogen) atoms. The number of hydrogen-bond acceptors (Lipinski definition) is 2. The van der Waals surface area contributed by atoms with Crippen molar-refractivity contribution in [2.45, 2.75) is 38.7 Å². The van der Waals surface area contributed by atoms with Gasteiger partial charge in [-0.1, -0.05) is 44.5 Å². The first-order valence-electron chi connectivity index (χ1n) is 6.39. The zero-order valence-electron chi connectivity index (χ0n) is 10.6. The van der Waals surface area contributed by atoms with E-state index in [9.17, 15) is 5.11 Å². The van der Waals surface area contributed by atoms with Gasteiger partial charge in [-0.2, -0.15) is 0 Å². The minimum atomic E-state index is -0.849. The van der Waals surface area contributed by atoms with Crippen molar-refractivity contribution in [3.05, 3.63) is 41.5 Å². The molecule has 0 aromatic heterocycles. The number of benzene rings is 1. The van der Waals surface area contributed by atoms with Crippen molar-refractivity contribution in [2.24, 2.45) is 0 Å². The Morgan fingerprint density at radius 3 is 2.71 bits per heavy atom. The lowest BCUT2D eigenvalue weighted by Gasteiger charge is -2.19. The highest BCUT2D eigenvalue weighted by Gasteiger charge is 2.35. The Morgan fingerprint density at radius 2 is 2.00 bits per heavy atom. The first-order valence-corrected chi connectivity index (χ1v) is 6.39. The molecule has 2 nitrogen and oxygen atoms in total. The molecule has 1 unspecified atom stereocenters. The lowest BCUT2D eigenvalue weighted by Crippen LogP contribution is -2.19. The van der Waals surface area contributed by atoms with Crippen LogP contribution in [0.15, 0.2) is 30.3 Å². The van der Waals surface area contributed by atoms with E-state index < -0.39 is 5.60 Å². The van der Waals surface area contributed by atoms with Crippen LogP contribution in [0.2, 0.25) is 0 Å². The lowest BCUT2D eigenvalue weighted by molar-refractivity contribution is 0.0875. The molecule has 1 aromatic carbocycles. The number of aliphatic hydroxyl groups is 1. The van der Waals surface area contributed by atoms with Gasteiger partial charge in [-0.25, -0.2) is 0 Å². The van der Waals surface area contributed by atoms with Crippen LogP contribution in [0.25, 0.3) is 5.76 Å². The van der Waals surface area contributed by atoms with E-state index in [1.54, 1.807) is 0 Å². The van der Waals surface area contributed by atoms with Crippen molar-refractivity contribution in [3.63, 3.8) is 0 Å². The van der Waals surface area contributed by atoms with E-state index in [-0.39, 0.29) is 0 Å². The average molecular weight is 232 g/mol. The van der Waals surface area contributed by atoms with Crippen LogP contribution in [-0.2, 0) is 10.3 Å². The lowest BCUT2D eigenvalue weighted by atomic mass is 9.93. The van der Waals surface area contributed by atoms with Crippen LogP contribution in [0, 0.1) is 0 Å². The molecule has 1 aromatic rings. The molecule has 1 N–H and O–H groups in total. The van der Waals surface area contributed by atoms with Gasteiger partial charge in [0.05, 0.1) is 6.61 Å². The largest absolute Gasteiger partial charge is 0.493 e. The van der Waals surface area contributed by atoms with E-state index in [0.29, 0.717) is 6.42 Å². The fourth-order valence-corrected chi connectivity index (χ4v) is 2.19. The molecule has 0 saturated carbocycles. The maximum absolute atomic E-state index is 10.5. The quantitative estimate of drug-likeness (QED) is 0.788. The van der Waals surface area contributed by atoms with Crippen LogP contribution in [0.1, 0.15) is 44.2 Å². The minimum Gasteiger partial charge on any atom is -0.493 e. The Balaban J connectivity index is 2.25. The molecular formula is C15H20O2. The number of unbranched alkanes of at least 4 members (excludes halogenated alkanes) is 1. The molecule has 0 spiro atoms. The van der Waals surface area contributed by atoms with Crippen molar-refractivity contribution >= 4 is 5.76 Å². The molecule has 0 heterocycles. The third-order valence-corrected chi connectivity index (χ3v) is 3.32. The Labute approximate surface area is 103 Å². The van der Waals surface area contributed by atoms with Crippen molar-refractivity contribution in [1.82, 2.24) is 0 Å². The van der Waals surface area contributed by atoms with Gasteiger partial charge in [-0.05, 0) is 24.5 Å². The maximum atomic E-state index is 10.5. The van der Waals surface area contributed by atoms with Gasteiger partial charge in [0.1, 0.15) is 11.4 Å². The topological polar surface area (TPSA) is 29.5 Å². The second-order valence-corrected chi connectivity index (χ2v) is 4.53. The van der Waals surface area contributed by atoms with E-state index >= 15 is 0 Å². The zero-order valence-corrected chi connectivity index (χ0v) is 10.6. The van der Waals surface area contributed by atoms with Crippen molar-refractivity contribution < 1.29 is 9.84 Å². The average Bonchev–Trinajstić information content (AvgIpc) is 2.65. The highest BCUT2D eigenvalue weighted by atomic mass is 16.5. The highest BCUT2D eigenvalue weighted by molar-refractivity contribution is 5.71. The van der Waals surface area contributed by atoms with Gasteiger partial charge in [-0.15, -0.1) is 0 Å². The first-order chi connectivity index (χ1) is 8.21. The van der Waals surface area contributed by atoms with Crippen LogP contribution < -0.4 is 0 Å². The van der Waals surface area contributed by atoms with Crippen molar-refractivity contribution in [3.8, 4) is 0 Å². The van der Waals surface area contributed by atoms with Crippen molar-refractivity contribution in [1.29, 1.82) is 0 Å². The van der Waals surface area contributed by atoms with E-state index in [0.717, 1.165) is 36.3 Å². The van der Waals surface area contributed by atoms with Gasteiger partial charge < -0.3 is 9.84 Å². The molecule has 0 saturated heterocycles. The van der Waals surface area contributed by atoms with Crippen LogP contribution >= 0.6 is 0 Å². The molecule has 1 atom stereocenters. The summed E-state index contributed by atoms with van der Waals surface area (Å²) < 4.78 is 5.77. The second kappa shape index (κ2) is 4.92. The number of hydrogen-bond donors (Lipinski definition) is 1. The van der Waals surface area contributed by atoms with Crippen molar-refractivity contribution in [2.75, 3.05) is 6.61 Å². The van der Waals surface area contributed by atoms with Crippen LogP contribution in [0.3, 0.4) is 0 Å². The molecule has 0 radical (unpaired) electrons. The van der Waals surface area contributed by atoms with Gasteiger partial charge in [0.2, 0.25) is 0 Å². The molecule has 1 aliphatic rings. The fourth-order valence-electron chi connectivity index (χ4n) is 2.19. The summed E-state index contributed by atoms with van der Waals surface area (Å²) in [4.78, 5) is 0. The number of fused-ring (bicyclic) bond motifs is 1. The molecule has 0 amide bonds. The Kier molecular flexibility index (Phi) is 3.53. The molecule has 2 heteroatoms. The van der Waals surface area contributed by atoms with Gasteiger partial charge in [-0.3, -0.25) is 0 Å². The summed E-state index contributed by atoms with van der Waals surface area (Å²) in [6.07, 6.45) is 4.69. The van der Waals surface area contributed by atoms with Gasteiger partial charge in [0.25, 0.3) is 0 Å². The monoisotopic (exact) mass is 232 g/mol. The molecule has 0 bridgehead atoms. The predicted octanol–water partition coefficient (Wildman–Crippen LogP) is 3.46. The highest BCUT2D eigenvalue weighted by Crippen LogP contribution is 2.41. The summed E-state index contributed by atoms with van der Waals surface area (Å²) in [5.41, 5.74) is 1.15. The summed E-state index contributed by atoms with van der Waals surface area (Å²) in [5.74, 6) is 0.832. The Hall–Kier alpha value is -1.28. The molecular weight excluding hydrogens is 212 g/mol. The van der Waals surface area contributed by atoms with Crippen LogP contribution in [0.4, 0.5) is 0 Å². The van der Waals surface area contributed by atoms with E-state index in [2.05, 4.69) is 6.92 Å². The minimum absolute atomic E-state index is 0.671. The summed E-state index contributed by atoms with van der Waals surface area (Å²) >= 11 is 0. The zero-order chi connectivity index (χ0) is 12.3. The van der Waals surface area contributed by atoms with E-state index in [1.807, 2.05) is 37.3 Å². The Morgan fingerprint density at radius 1 is 1.24 bits per heavy atom. The molecule has 0 aliphatic heterocycles. The molecule has 92 valence electrons. The summed E-state index contributed by atoms with van der Waals surface area (Å²) in [5, 5.41) is 10.5. The van der Waals surface area contributed by atoms with E-state index in [4.69, 9.17) is 4.74 Å².